The maximum atomic E-state index is 11.4. The zero-order valence-electron chi connectivity index (χ0n) is 9.17. The van der Waals surface area contributed by atoms with Gasteiger partial charge in [0.25, 0.3) is 0 Å². The van der Waals surface area contributed by atoms with Gasteiger partial charge in [0, 0.05) is 0 Å². The predicted molar refractivity (Wildman–Crippen MR) is 66.8 cm³/mol. The average molecular weight is 308 g/mol. The number of pyridine rings is 1. The summed E-state index contributed by atoms with van der Waals surface area (Å²) in [5.74, 6) is 0. The molecular formula is C10H12BrClN2O2. The second-order valence-corrected chi connectivity index (χ2v) is 5.28. The summed E-state index contributed by atoms with van der Waals surface area (Å²) < 4.78 is 5.61. The Morgan fingerprint density at radius 2 is 2.19 bits per heavy atom. The van der Waals surface area contributed by atoms with Gasteiger partial charge in [-0.25, -0.2) is 9.78 Å². The van der Waals surface area contributed by atoms with Crippen LogP contribution in [-0.2, 0) is 4.74 Å². The van der Waals surface area contributed by atoms with Crippen LogP contribution in [0.3, 0.4) is 0 Å². The number of hydrogen-bond donors (Lipinski definition) is 1. The van der Waals surface area contributed by atoms with E-state index in [1.165, 1.54) is 6.20 Å². The molecule has 0 aromatic carbocycles. The molecule has 0 bridgehead atoms. The Morgan fingerprint density at radius 3 is 2.69 bits per heavy atom. The highest BCUT2D eigenvalue weighted by atomic mass is 79.9. The molecule has 0 saturated heterocycles. The summed E-state index contributed by atoms with van der Waals surface area (Å²) in [6.07, 6.45) is 0.951. The van der Waals surface area contributed by atoms with Gasteiger partial charge in [0.1, 0.15) is 10.2 Å². The minimum atomic E-state index is -0.535. The number of carbonyl (C=O) groups excluding carboxylic acids is 1. The van der Waals surface area contributed by atoms with Crippen LogP contribution in [0.4, 0.5) is 10.5 Å². The van der Waals surface area contributed by atoms with Crippen molar-refractivity contribution in [3.8, 4) is 0 Å². The molecule has 0 fully saturated rings. The predicted octanol–water partition coefficient (Wildman–Crippen LogP) is 3.84. The number of rotatable bonds is 1. The third-order valence-corrected chi connectivity index (χ3v) is 2.59. The molecule has 1 aromatic rings. The second-order valence-electron chi connectivity index (χ2n) is 4.12. The van der Waals surface area contributed by atoms with E-state index in [1.54, 1.807) is 26.8 Å². The van der Waals surface area contributed by atoms with E-state index in [2.05, 4.69) is 26.2 Å². The number of aromatic nitrogens is 1. The van der Waals surface area contributed by atoms with Gasteiger partial charge in [-0.15, -0.1) is 0 Å². The SMILES string of the molecule is CC(C)(C)OC(=O)Nc1cnc(Br)c(Cl)c1. The molecule has 0 unspecified atom stereocenters. The fourth-order valence-electron chi connectivity index (χ4n) is 0.911. The summed E-state index contributed by atoms with van der Waals surface area (Å²) >= 11 is 8.99. The van der Waals surface area contributed by atoms with Crippen LogP contribution < -0.4 is 5.32 Å². The largest absolute Gasteiger partial charge is 0.444 e. The number of hydrogen-bond acceptors (Lipinski definition) is 3. The first-order valence-corrected chi connectivity index (χ1v) is 5.76. The lowest BCUT2D eigenvalue weighted by Crippen LogP contribution is -2.27. The number of amides is 1. The van der Waals surface area contributed by atoms with Crippen LogP contribution in [0.5, 0.6) is 0 Å². The average Bonchev–Trinajstić information content (AvgIpc) is 2.08. The van der Waals surface area contributed by atoms with E-state index >= 15 is 0 Å². The van der Waals surface area contributed by atoms with Gasteiger partial charge in [-0.3, -0.25) is 5.32 Å². The fourth-order valence-corrected chi connectivity index (χ4v) is 1.29. The Bertz CT molecular complexity index is 404. The smallest absolute Gasteiger partial charge is 0.412 e. The summed E-state index contributed by atoms with van der Waals surface area (Å²) in [5, 5.41) is 2.96. The lowest BCUT2D eigenvalue weighted by molar-refractivity contribution is 0.0636. The molecule has 0 atom stereocenters. The normalized spacial score (nSPS) is 11.1. The maximum absolute atomic E-state index is 11.4. The monoisotopic (exact) mass is 306 g/mol. The van der Waals surface area contributed by atoms with Gasteiger partial charge in [-0.1, -0.05) is 11.6 Å². The second kappa shape index (κ2) is 5.01. The molecule has 0 radical (unpaired) electrons. The summed E-state index contributed by atoms with van der Waals surface area (Å²) in [5.41, 5.74) is -0.0427. The lowest BCUT2D eigenvalue weighted by Gasteiger charge is -2.19. The van der Waals surface area contributed by atoms with E-state index in [0.717, 1.165) is 0 Å². The number of ether oxygens (including phenoxy) is 1. The standard InChI is InChI=1S/C10H12BrClN2O2/c1-10(2,3)16-9(15)14-6-4-7(12)8(11)13-5-6/h4-5H,1-3H3,(H,14,15). The van der Waals surface area contributed by atoms with Crippen molar-refractivity contribution in [2.45, 2.75) is 26.4 Å². The minimum absolute atomic E-state index is 0.425. The molecule has 1 N–H and O–H groups in total. The van der Waals surface area contributed by atoms with E-state index in [0.29, 0.717) is 15.3 Å². The van der Waals surface area contributed by atoms with Gasteiger partial charge in [0.2, 0.25) is 0 Å². The van der Waals surface area contributed by atoms with E-state index in [4.69, 9.17) is 16.3 Å². The first-order chi connectivity index (χ1) is 7.28. The van der Waals surface area contributed by atoms with E-state index in [9.17, 15) is 4.79 Å². The van der Waals surface area contributed by atoms with E-state index in [-0.39, 0.29) is 0 Å². The quantitative estimate of drug-likeness (QED) is 0.802. The number of anilines is 1. The molecule has 0 aliphatic heterocycles. The van der Waals surface area contributed by atoms with Gasteiger partial charge in [-0.2, -0.15) is 0 Å². The third-order valence-electron chi connectivity index (χ3n) is 1.44. The van der Waals surface area contributed by atoms with Gasteiger partial charge < -0.3 is 4.74 Å². The van der Waals surface area contributed by atoms with Crippen molar-refractivity contribution in [3.63, 3.8) is 0 Å². The molecule has 1 heterocycles. The van der Waals surface area contributed by atoms with E-state index < -0.39 is 11.7 Å². The number of carbonyl (C=O) groups is 1. The minimum Gasteiger partial charge on any atom is -0.444 e. The summed E-state index contributed by atoms with van der Waals surface area (Å²) in [4.78, 5) is 15.4. The number of nitrogens with zero attached hydrogens (tertiary/aromatic N) is 1. The zero-order chi connectivity index (χ0) is 12.3. The lowest BCUT2D eigenvalue weighted by atomic mass is 10.2. The van der Waals surface area contributed by atoms with Gasteiger partial charge in [-0.05, 0) is 42.8 Å². The maximum Gasteiger partial charge on any atom is 0.412 e. The first kappa shape index (κ1) is 13.3. The summed E-state index contributed by atoms with van der Waals surface area (Å²) in [7, 11) is 0. The summed E-state index contributed by atoms with van der Waals surface area (Å²) in [6, 6.07) is 1.59. The molecule has 0 aliphatic rings. The Labute approximate surface area is 107 Å². The molecule has 1 amide bonds. The highest BCUT2D eigenvalue weighted by Crippen LogP contribution is 2.23. The van der Waals surface area contributed by atoms with Gasteiger partial charge >= 0.3 is 6.09 Å². The summed E-state index contributed by atoms with van der Waals surface area (Å²) in [6.45, 7) is 5.37. The molecular weight excluding hydrogens is 295 g/mol. The Morgan fingerprint density at radius 1 is 1.56 bits per heavy atom. The molecule has 0 spiro atoms. The zero-order valence-corrected chi connectivity index (χ0v) is 11.5. The topological polar surface area (TPSA) is 51.2 Å². The van der Waals surface area contributed by atoms with Crippen LogP contribution in [0.25, 0.3) is 0 Å². The number of nitrogens with one attached hydrogen (secondary N) is 1. The first-order valence-electron chi connectivity index (χ1n) is 4.59. The van der Waals surface area contributed by atoms with Crippen molar-refractivity contribution in [1.29, 1.82) is 0 Å². The van der Waals surface area contributed by atoms with E-state index in [1.807, 2.05) is 0 Å². The van der Waals surface area contributed by atoms with Gasteiger partial charge in [0.05, 0.1) is 16.9 Å². The third kappa shape index (κ3) is 4.37. The van der Waals surface area contributed by atoms with Crippen molar-refractivity contribution >= 4 is 39.3 Å². The Kier molecular flexibility index (Phi) is 4.15. The Balaban J connectivity index is 2.67. The number of halogens is 2. The highest BCUT2D eigenvalue weighted by Gasteiger charge is 2.16. The van der Waals surface area contributed by atoms with Crippen molar-refractivity contribution in [2.75, 3.05) is 5.32 Å². The molecule has 0 saturated carbocycles. The van der Waals surface area contributed by atoms with Crippen LogP contribution in [0.15, 0.2) is 16.9 Å². The van der Waals surface area contributed by atoms with Crippen LogP contribution in [0.2, 0.25) is 5.02 Å². The van der Waals surface area contributed by atoms with Crippen molar-refractivity contribution in [3.05, 3.63) is 21.9 Å². The fraction of sp³-hybridized carbons (Fsp3) is 0.400. The Hall–Kier alpha value is -0.810. The molecule has 0 aliphatic carbocycles. The highest BCUT2D eigenvalue weighted by molar-refractivity contribution is 9.10. The van der Waals surface area contributed by atoms with Crippen LogP contribution in [-0.4, -0.2) is 16.7 Å². The molecule has 4 nitrogen and oxygen atoms in total. The van der Waals surface area contributed by atoms with Crippen molar-refractivity contribution < 1.29 is 9.53 Å². The van der Waals surface area contributed by atoms with Crippen molar-refractivity contribution in [1.82, 2.24) is 4.98 Å². The van der Waals surface area contributed by atoms with Crippen molar-refractivity contribution in [2.24, 2.45) is 0 Å². The molecule has 6 heteroatoms. The van der Waals surface area contributed by atoms with Crippen LogP contribution in [0, 0.1) is 0 Å². The molecule has 88 valence electrons. The van der Waals surface area contributed by atoms with Gasteiger partial charge in [0.15, 0.2) is 0 Å². The molecule has 1 rings (SSSR count). The molecule has 1 aromatic heterocycles. The van der Waals surface area contributed by atoms with Crippen LogP contribution in [0.1, 0.15) is 20.8 Å². The van der Waals surface area contributed by atoms with Crippen LogP contribution >= 0.6 is 27.5 Å². The molecule has 16 heavy (non-hydrogen) atoms.